The molecule has 2 atom stereocenters. The summed E-state index contributed by atoms with van der Waals surface area (Å²) in [5.74, 6) is -0.802. The first kappa shape index (κ1) is 23.1. The number of benzene rings is 2. The number of amides is 2. The van der Waals surface area contributed by atoms with E-state index < -0.39 is 23.4 Å². The van der Waals surface area contributed by atoms with E-state index in [-0.39, 0.29) is 37.9 Å². The van der Waals surface area contributed by atoms with Gasteiger partial charge in [0.25, 0.3) is 0 Å². The minimum atomic E-state index is -1.09. The number of nitrogens with zero attached hydrogens (tertiary/aromatic N) is 1. The Kier molecular flexibility index (Phi) is 7.20. The highest BCUT2D eigenvalue weighted by Gasteiger charge is 2.30. The predicted octanol–water partition coefficient (Wildman–Crippen LogP) is 2.30. The molecule has 0 spiro atoms. The summed E-state index contributed by atoms with van der Waals surface area (Å²) in [5.41, 5.74) is 4.49. The van der Waals surface area contributed by atoms with Crippen LogP contribution in [0.25, 0.3) is 11.1 Å². The molecule has 33 heavy (non-hydrogen) atoms. The summed E-state index contributed by atoms with van der Waals surface area (Å²) in [7, 11) is 0. The molecule has 0 saturated carbocycles. The number of carbonyl (C=O) groups excluding carboxylic acids is 2. The number of fused-ring (bicyclic) bond motifs is 3. The van der Waals surface area contributed by atoms with Crippen LogP contribution in [-0.4, -0.2) is 76.4 Å². The first-order valence-electron chi connectivity index (χ1n) is 10.8. The number of aliphatic carboxylic acids is 1. The molecule has 1 heterocycles. The van der Waals surface area contributed by atoms with Gasteiger partial charge in [0.1, 0.15) is 11.9 Å². The first-order chi connectivity index (χ1) is 15.9. The molecule has 1 saturated heterocycles. The SMILES string of the molecule is O=C(NCC(O)CC(=O)N1CCSC(C(=O)O)C1)OCC1c2ccccc2-c2ccccc21. The first-order valence-corrected chi connectivity index (χ1v) is 11.9. The molecule has 8 nitrogen and oxygen atoms in total. The zero-order chi connectivity index (χ0) is 23.4. The summed E-state index contributed by atoms with van der Waals surface area (Å²) < 4.78 is 5.43. The lowest BCUT2D eigenvalue weighted by molar-refractivity contribution is -0.138. The third-order valence-electron chi connectivity index (χ3n) is 5.93. The minimum Gasteiger partial charge on any atom is -0.480 e. The van der Waals surface area contributed by atoms with E-state index in [1.165, 1.54) is 16.7 Å². The molecule has 2 unspecified atom stereocenters. The van der Waals surface area contributed by atoms with Crippen LogP contribution in [0.4, 0.5) is 4.79 Å². The second-order valence-electron chi connectivity index (χ2n) is 8.10. The largest absolute Gasteiger partial charge is 0.480 e. The van der Waals surface area contributed by atoms with Crippen molar-refractivity contribution in [3.05, 3.63) is 59.7 Å². The topological polar surface area (TPSA) is 116 Å². The van der Waals surface area contributed by atoms with Crippen molar-refractivity contribution in [1.82, 2.24) is 10.2 Å². The fourth-order valence-electron chi connectivity index (χ4n) is 4.28. The quantitative estimate of drug-likeness (QED) is 0.569. The Hall–Kier alpha value is -3.04. The number of rotatable bonds is 7. The molecule has 2 aromatic rings. The summed E-state index contributed by atoms with van der Waals surface area (Å²) in [5, 5.41) is 21.2. The molecule has 2 amide bonds. The molecule has 1 aliphatic carbocycles. The lowest BCUT2D eigenvalue weighted by atomic mass is 9.98. The predicted molar refractivity (Wildman–Crippen MR) is 124 cm³/mol. The highest BCUT2D eigenvalue weighted by Crippen LogP contribution is 2.44. The number of carboxylic acid groups (broad SMARTS) is 1. The van der Waals surface area contributed by atoms with Crippen LogP contribution in [0, 0.1) is 0 Å². The summed E-state index contributed by atoms with van der Waals surface area (Å²) in [6.45, 7) is 0.593. The second kappa shape index (κ2) is 10.3. The lowest BCUT2D eigenvalue weighted by Gasteiger charge is -2.31. The Morgan fingerprint density at radius 3 is 2.36 bits per heavy atom. The van der Waals surface area contributed by atoms with Crippen molar-refractivity contribution < 1.29 is 29.3 Å². The molecule has 1 fully saturated rings. The summed E-state index contributed by atoms with van der Waals surface area (Å²) in [6.07, 6.45) is -1.94. The molecule has 1 aliphatic heterocycles. The number of hydrogen-bond acceptors (Lipinski definition) is 6. The van der Waals surface area contributed by atoms with Gasteiger partial charge in [0, 0.05) is 31.3 Å². The standard InChI is InChI=1S/C24H26N2O6S/c27-15(11-22(28)26-9-10-33-21(13-26)23(29)30)12-25-24(31)32-14-20-18-7-3-1-5-16(18)17-6-2-4-8-19(17)20/h1-8,15,20-21,27H,9-14H2,(H,25,31)(H,29,30). The van der Waals surface area contributed by atoms with Gasteiger partial charge in [-0.15, -0.1) is 11.8 Å². The average molecular weight is 471 g/mol. The number of hydrogen-bond donors (Lipinski definition) is 3. The zero-order valence-electron chi connectivity index (χ0n) is 18.0. The highest BCUT2D eigenvalue weighted by molar-refractivity contribution is 8.00. The summed E-state index contributed by atoms with van der Waals surface area (Å²) in [6, 6.07) is 16.1. The van der Waals surface area contributed by atoms with Gasteiger partial charge in [-0.3, -0.25) is 9.59 Å². The van der Waals surface area contributed by atoms with Crippen LogP contribution in [-0.2, 0) is 14.3 Å². The monoisotopic (exact) mass is 470 g/mol. The van der Waals surface area contributed by atoms with Crippen LogP contribution in [0.3, 0.4) is 0 Å². The molecular formula is C24H26N2O6S. The lowest BCUT2D eigenvalue weighted by Crippen LogP contribution is -2.46. The van der Waals surface area contributed by atoms with Gasteiger partial charge < -0.3 is 25.2 Å². The van der Waals surface area contributed by atoms with Gasteiger partial charge in [0.15, 0.2) is 0 Å². The molecule has 3 N–H and O–H groups in total. The number of carbonyl (C=O) groups is 3. The maximum atomic E-state index is 12.4. The smallest absolute Gasteiger partial charge is 0.407 e. The molecule has 0 radical (unpaired) electrons. The van der Waals surface area contributed by atoms with E-state index in [2.05, 4.69) is 17.4 Å². The van der Waals surface area contributed by atoms with Crippen molar-refractivity contribution in [2.45, 2.75) is 23.7 Å². The van der Waals surface area contributed by atoms with Gasteiger partial charge in [-0.05, 0) is 22.3 Å². The van der Waals surface area contributed by atoms with Gasteiger partial charge in [-0.1, -0.05) is 48.5 Å². The molecule has 2 aliphatic rings. The van der Waals surface area contributed by atoms with Gasteiger partial charge in [-0.25, -0.2) is 4.79 Å². The maximum Gasteiger partial charge on any atom is 0.407 e. The number of carboxylic acids is 1. The Morgan fingerprint density at radius 2 is 1.73 bits per heavy atom. The molecule has 0 aromatic heterocycles. The van der Waals surface area contributed by atoms with Gasteiger partial charge in [0.2, 0.25) is 5.91 Å². The third-order valence-corrected chi connectivity index (χ3v) is 7.10. The van der Waals surface area contributed by atoms with Crippen LogP contribution in [0.2, 0.25) is 0 Å². The van der Waals surface area contributed by atoms with Gasteiger partial charge in [-0.2, -0.15) is 0 Å². The Labute approximate surface area is 195 Å². The van der Waals surface area contributed by atoms with Crippen molar-refractivity contribution in [2.75, 3.05) is 32.0 Å². The molecule has 2 aromatic carbocycles. The fourth-order valence-corrected chi connectivity index (χ4v) is 5.32. The average Bonchev–Trinajstić information content (AvgIpc) is 3.15. The molecule has 4 rings (SSSR count). The van der Waals surface area contributed by atoms with E-state index in [0.29, 0.717) is 12.3 Å². The van der Waals surface area contributed by atoms with E-state index in [4.69, 9.17) is 9.84 Å². The van der Waals surface area contributed by atoms with Crippen molar-refractivity contribution in [2.24, 2.45) is 0 Å². The number of thioether (sulfide) groups is 1. The Balaban J connectivity index is 1.25. The molecular weight excluding hydrogens is 444 g/mol. The molecule has 174 valence electrons. The van der Waals surface area contributed by atoms with E-state index in [0.717, 1.165) is 22.3 Å². The number of nitrogens with one attached hydrogen (secondary N) is 1. The number of aliphatic hydroxyl groups excluding tert-OH is 1. The summed E-state index contributed by atoms with van der Waals surface area (Å²) in [4.78, 5) is 37.2. The summed E-state index contributed by atoms with van der Waals surface area (Å²) >= 11 is 1.30. The number of aliphatic hydroxyl groups is 1. The molecule has 9 heteroatoms. The van der Waals surface area contributed by atoms with Crippen molar-refractivity contribution >= 4 is 29.7 Å². The fraction of sp³-hybridized carbons (Fsp3) is 0.375. The second-order valence-corrected chi connectivity index (χ2v) is 9.41. The highest BCUT2D eigenvalue weighted by atomic mass is 32.2. The zero-order valence-corrected chi connectivity index (χ0v) is 18.8. The van der Waals surface area contributed by atoms with E-state index >= 15 is 0 Å². The number of ether oxygens (including phenoxy) is 1. The van der Waals surface area contributed by atoms with E-state index in [1.807, 2.05) is 36.4 Å². The van der Waals surface area contributed by atoms with Crippen LogP contribution in [0.15, 0.2) is 48.5 Å². The van der Waals surface area contributed by atoms with Crippen LogP contribution >= 0.6 is 11.8 Å². The maximum absolute atomic E-state index is 12.4. The Bertz CT molecular complexity index is 1000. The van der Waals surface area contributed by atoms with Gasteiger partial charge in [0.05, 0.1) is 12.5 Å². The van der Waals surface area contributed by atoms with Crippen molar-refractivity contribution in [1.29, 1.82) is 0 Å². The van der Waals surface area contributed by atoms with E-state index in [9.17, 15) is 19.5 Å². The van der Waals surface area contributed by atoms with Crippen molar-refractivity contribution in [3.63, 3.8) is 0 Å². The molecule has 0 bridgehead atoms. The normalized spacial score (nSPS) is 18.2. The number of alkyl carbamates (subject to hydrolysis) is 1. The third kappa shape index (κ3) is 5.31. The minimum absolute atomic E-state index is 0.0613. The Morgan fingerprint density at radius 1 is 1.09 bits per heavy atom. The van der Waals surface area contributed by atoms with Gasteiger partial charge >= 0.3 is 12.1 Å². The van der Waals surface area contributed by atoms with Crippen LogP contribution in [0.1, 0.15) is 23.5 Å². The van der Waals surface area contributed by atoms with Crippen molar-refractivity contribution in [3.8, 4) is 11.1 Å². The van der Waals surface area contributed by atoms with E-state index in [1.54, 1.807) is 0 Å². The van der Waals surface area contributed by atoms with Crippen LogP contribution in [0.5, 0.6) is 0 Å². The van der Waals surface area contributed by atoms with Crippen LogP contribution < -0.4 is 5.32 Å².